The summed E-state index contributed by atoms with van der Waals surface area (Å²) in [5.41, 5.74) is -0.442. The van der Waals surface area contributed by atoms with Crippen molar-refractivity contribution in [3.05, 3.63) is 82.9 Å². The van der Waals surface area contributed by atoms with Crippen LogP contribution in [0.5, 0.6) is 17.2 Å². The fraction of sp³-hybridized carbons (Fsp3) is 0.0476. The minimum atomic E-state index is -3.83. The van der Waals surface area contributed by atoms with E-state index in [0.29, 0.717) is 5.75 Å². The molecule has 3 aromatic carbocycles. The average molecular weight is 409 g/mol. The standard InChI is InChI=1S/C21H15NO6S/c1-29(26,27)22-19-16(28-12-7-3-2-4-8-12)11-15(23)17-18(19)21(25)14-10-6-5-9-13(14)20(17)24/h2-11,22-23H,1H3. The number of ether oxygens (including phenoxy) is 1. The van der Waals surface area contributed by atoms with Crippen LogP contribution in [-0.2, 0) is 10.0 Å². The van der Waals surface area contributed by atoms with Crippen LogP contribution in [0.3, 0.4) is 0 Å². The molecule has 0 aromatic heterocycles. The molecule has 0 fully saturated rings. The molecule has 146 valence electrons. The molecular formula is C21H15NO6S. The van der Waals surface area contributed by atoms with Gasteiger partial charge in [0.15, 0.2) is 17.3 Å². The molecule has 0 bridgehead atoms. The van der Waals surface area contributed by atoms with E-state index in [2.05, 4.69) is 4.72 Å². The third-order valence-corrected chi connectivity index (χ3v) is 4.97. The average Bonchev–Trinajstić information content (AvgIpc) is 2.68. The lowest BCUT2D eigenvalue weighted by atomic mass is 9.82. The lowest BCUT2D eigenvalue weighted by Crippen LogP contribution is -2.24. The van der Waals surface area contributed by atoms with Gasteiger partial charge in [-0.3, -0.25) is 14.3 Å². The number of hydrogen-bond acceptors (Lipinski definition) is 6. The molecule has 0 atom stereocenters. The summed E-state index contributed by atoms with van der Waals surface area (Å²) >= 11 is 0. The van der Waals surface area contributed by atoms with Crippen molar-refractivity contribution in [2.45, 2.75) is 0 Å². The third kappa shape index (κ3) is 3.34. The summed E-state index contributed by atoms with van der Waals surface area (Å²) in [4.78, 5) is 26.1. The van der Waals surface area contributed by atoms with Crippen molar-refractivity contribution in [2.24, 2.45) is 0 Å². The Morgan fingerprint density at radius 2 is 1.41 bits per heavy atom. The molecule has 1 aliphatic rings. The van der Waals surface area contributed by atoms with Crippen molar-refractivity contribution < 1.29 is 27.9 Å². The van der Waals surface area contributed by atoms with Crippen molar-refractivity contribution in [2.75, 3.05) is 11.0 Å². The summed E-state index contributed by atoms with van der Waals surface area (Å²) in [5.74, 6) is -1.37. The van der Waals surface area contributed by atoms with Gasteiger partial charge in [-0.05, 0) is 12.1 Å². The van der Waals surface area contributed by atoms with Crippen LogP contribution in [0.1, 0.15) is 31.8 Å². The van der Waals surface area contributed by atoms with Gasteiger partial charge in [-0.25, -0.2) is 8.42 Å². The van der Waals surface area contributed by atoms with Gasteiger partial charge < -0.3 is 9.84 Å². The lowest BCUT2D eigenvalue weighted by Gasteiger charge is -2.23. The maximum atomic E-state index is 13.2. The number of aromatic hydroxyl groups is 1. The number of ketones is 2. The van der Waals surface area contributed by atoms with E-state index in [1.165, 1.54) is 12.1 Å². The number of rotatable bonds is 4. The Kier molecular flexibility index (Phi) is 4.35. The van der Waals surface area contributed by atoms with E-state index in [4.69, 9.17) is 4.74 Å². The van der Waals surface area contributed by atoms with Gasteiger partial charge in [-0.2, -0.15) is 0 Å². The summed E-state index contributed by atoms with van der Waals surface area (Å²) < 4.78 is 32.0. The second-order valence-corrected chi connectivity index (χ2v) is 8.26. The van der Waals surface area contributed by atoms with Crippen molar-refractivity contribution in [1.82, 2.24) is 0 Å². The number of nitrogens with one attached hydrogen (secondary N) is 1. The highest BCUT2D eigenvalue weighted by Crippen LogP contribution is 2.44. The summed E-state index contributed by atoms with van der Waals surface area (Å²) in [7, 11) is -3.83. The van der Waals surface area contributed by atoms with Gasteiger partial charge in [0.25, 0.3) is 0 Å². The molecule has 4 rings (SSSR count). The Balaban J connectivity index is 1.99. The molecular weight excluding hydrogens is 394 g/mol. The molecule has 7 nitrogen and oxygen atoms in total. The van der Waals surface area contributed by atoms with Crippen molar-refractivity contribution >= 4 is 27.3 Å². The molecule has 3 aromatic rings. The van der Waals surface area contributed by atoms with Crippen LogP contribution in [0.4, 0.5) is 5.69 Å². The first kappa shape index (κ1) is 18.7. The van der Waals surface area contributed by atoms with E-state index in [9.17, 15) is 23.1 Å². The zero-order chi connectivity index (χ0) is 20.8. The van der Waals surface area contributed by atoms with E-state index >= 15 is 0 Å². The van der Waals surface area contributed by atoms with Crippen molar-refractivity contribution in [3.63, 3.8) is 0 Å². The first-order valence-corrected chi connectivity index (χ1v) is 10.4. The fourth-order valence-corrected chi connectivity index (χ4v) is 3.81. The smallest absolute Gasteiger partial charge is 0.229 e. The van der Waals surface area contributed by atoms with Crippen LogP contribution in [0.15, 0.2) is 60.7 Å². The van der Waals surface area contributed by atoms with Crippen LogP contribution in [0, 0.1) is 0 Å². The van der Waals surface area contributed by atoms with E-state index in [0.717, 1.165) is 12.3 Å². The molecule has 0 saturated heterocycles. The number of fused-ring (bicyclic) bond motifs is 2. The second-order valence-electron chi connectivity index (χ2n) is 6.51. The number of phenolic OH excluding ortho intramolecular Hbond substituents is 1. The number of carbonyl (C=O) groups excluding carboxylic acids is 2. The molecule has 0 saturated carbocycles. The number of carbonyl (C=O) groups is 2. The highest BCUT2D eigenvalue weighted by molar-refractivity contribution is 7.92. The van der Waals surface area contributed by atoms with Gasteiger partial charge in [0.2, 0.25) is 10.0 Å². The van der Waals surface area contributed by atoms with E-state index in [1.807, 2.05) is 0 Å². The molecule has 0 aliphatic heterocycles. The summed E-state index contributed by atoms with van der Waals surface area (Å²) in [5, 5.41) is 10.5. The van der Waals surface area contributed by atoms with E-state index < -0.39 is 27.3 Å². The zero-order valence-corrected chi connectivity index (χ0v) is 16.0. The first-order chi connectivity index (χ1) is 13.8. The number of phenols is 1. The van der Waals surface area contributed by atoms with Gasteiger partial charge in [0.05, 0.1) is 17.4 Å². The SMILES string of the molecule is CS(=O)(=O)Nc1c(Oc2ccccc2)cc(O)c2c1C(=O)c1ccccc1C2=O. The molecule has 8 heteroatoms. The highest BCUT2D eigenvalue weighted by Gasteiger charge is 2.36. The summed E-state index contributed by atoms with van der Waals surface area (Å²) in [6.07, 6.45) is 0.918. The predicted octanol–water partition coefficient (Wildman–Crippen LogP) is 3.33. The van der Waals surface area contributed by atoms with Crippen LogP contribution in [-0.4, -0.2) is 31.3 Å². The van der Waals surface area contributed by atoms with Gasteiger partial charge in [0.1, 0.15) is 17.2 Å². The van der Waals surface area contributed by atoms with Crippen LogP contribution >= 0.6 is 0 Å². The van der Waals surface area contributed by atoms with Crippen molar-refractivity contribution in [3.8, 4) is 17.2 Å². The Morgan fingerprint density at radius 1 is 0.862 bits per heavy atom. The Labute approximate surface area is 166 Å². The number of sulfonamides is 1. The largest absolute Gasteiger partial charge is 0.507 e. The van der Waals surface area contributed by atoms with Gasteiger partial charge >= 0.3 is 0 Å². The van der Waals surface area contributed by atoms with Crippen LogP contribution in [0.2, 0.25) is 0 Å². The van der Waals surface area contributed by atoms with Crippen LogP contribution in [0.25, 0.3) is 0 Å². The van der Waals surface area contributed by atoms with E-state index in [-0.39, 0.29) is 33.7 Å². The predicted molar refractivity (Wildman–Crippen MR) is 106 cm³/mol. The summed E-state index contributed by atoms with van der Waals surface area (Å²) in [6, 6.07) is 15.7. The summed E-state index contributed by atoms with van der Waals surface area (Å²) in [6.45, 7) is 0. The normalized spacial score (nSPS) is 12.9. The molecule has 0 unspecified atom stereocenters. The van der Waals surface area contributed by atoms with Gasteiger partial charge in [-0.15, -0.1) is 0 Å². The Morgan fingerprint density at radius 3 is 2.00 bits per heavy atom. The highest BCUT2D eigenvalue weighted by atomic mass is 32.2. The van der Waals surface area contributed by atoms with Crippen molar-refractivity contribution in [1.29, 1.82) is 0 Å². The number of anilines is 1. The molecule has 0 radical (unpaired) electrons. The molecule has 1 aliphatic carbocycles. The van der Waals surface area contributed by atoms with Gasteiger partial charge in [-0.1, -0.05) is 42.5 Å². The minimum absolute atomic E-state index is 0.0987. The maximum Gasteiger partial charge on any atom is 0.229 e. The molecule has 0 heterocycles. The zero-order valence-electron chi connectivity index (χ0n) is 15.2. The Bertz CT molecular complexity index is 1270. The number of benzene rings is 3. The maximum absolute atomic E-state index is 13.2. The first-order valence-electron chi connectivity index (χ1n) is 8.55. The monoisotopic (exact) mass is 409 g/mol. The minimum Gasteiger partial charge on any atom is -0.507 e. The van der Waals surface area contributed by atoms with E-state index in [1.54, 1.807) is 42.5 Å². The number of para-hydroxylation sites is 1. The van der Waals surface area contributed by atoms with Gasteiger partial charge in [0, 0.05) is 17.2 Å². The Hall–Kier alpha value is -3.65. The lowest BCUT2D eigenvalue weighted by molar-refractivity contribution is 0.0977. The quantitative estimate of drug-likeness (QED) is 0.500. The second kappa shape index (κ2) is 6.75. The molecule has 0 spiro atoms. The topological polar surface area (TPSA) is 110 Å². The fourth-order valence-electron chi connectivity index (χ4n) is 3.23. The van der Waals surface area contributed by atoms with Crippen LogP contribution < -0.4 is 9.46 Å². The molecule has 0 amide bonds. The molecule has 2 N–H and O–H groups in total. The number of hydrogen-bond donors (Lipinski definition) is 2. The molecule has 29 heavy (non-hydrogen) atoms. The third-order valence-electron chi connectivity index (χ3n) is 4.40.